The molecule has 1 aromatic heterocycles. The van der Waals surface area contributed by atoms with Gasteiger partial charge in [0.25, 0.3) is 0 Å². The Morgan fingerprint density at radius 2 is 2.11 bits per heavy atom. The van der Waals surface area contributed by atoms with E-state index < -0.39 is 0 Å². The van der Waals surface area contributed by atoms with Gasteiger partial charge in [0, 0.05) is 36.3 Å². The van der Waals surface area contributed by atoms with Crippen LogP contribution >= 0.6 is 35.3 Å². The van der Waals surface area contributed by atoms with Gasteiger partial charge >= 0.3 is 0 Å². The number of nitrogens with one attached hydrogen (secondary N) is 1. The summed E-state index contributed by atoms with van der Waals surface area (Å²) in [5, 5.41) is 5.61. The minimum atomic E-state index is 0. The highest BCUT2D eigenvalue weighted by Crippen LogP contribution is 2.22. The Labute approximate surface area is 190 Å². The van der Waals surface area contributed by atoms with Crippen LogP contribution in [0.5, 0.6) is 0 Å². The summed E-state index contributed by atoms with van der Waals surface area (Å²) in [6.45, 7) is 9.71. The van der Waals surface area contributed by atoms with Crippen molar-refractivity contribution >= 4 is 41.3 Å². The zero-order valence-corrected chi connectivity index (χ0v) is 20.0. The molecule has 6 heteroatoms. The van der Waals surface area contributed by atoms with E-state index in [4.69, 9.17) is 9.73 Å². The van der Waals surface area contributed by atoms with Gasteiger partial charge in [-0.25, -0.2) is 0 Å². The summed E-state index contributed by atoms with van der Waals surface area (Å²) in [6.07, 6.45) is 1.17. The first-order chi connectivity index (χ1) is 13.3. The molecule has 2 atom stereocenters. The number of hydrogen-bond acceptors (Lipinski definition) is 3. The molecule has 0 amide bonds. The van der Waals surface area contributed by atoms with E-state index in [0.717, 1.165) is 38.7 Å². The maximum absolute atomic E-state index is 5.95. The van der Waals surface area contributed by atoms with Crippen LogP contribution in [0.25, 0.3) is 0 Å². The Morgan fingerprint density at radius 1 is 1.29 bits per heavy atom. The fourth-order valence-electron chi connectivity index (χ4n) is 3.39. The van der Waals surface area contributed by atoms with Gasteiger partial charge < -0.3 is 15.0 Å². The van der Waals surface area contributed by atoms with E-state index in [0.29, 0.717) is 18.4 Å². The average molecular weight is 513 g/mol. The van der Waals surface area contributed by atoms with Gasteiger partial charge in [0.1, 0.15) is 0 Å². The zero-order valence-electron chi connectivity index (χ0n) is 16.8. The highest BCUT2D eigenvalue weighted by Gasteiger charge is 2.25. The van der Waals surface area contributed by atoms with Crippen molar-refractivity contribution in [3.63, 3.8) is 0 Å². The third kappa shape index (κ3) is 7.04. The molecule has 154 valence electrons. The lowest BCUT2D eigenvalue weighted by molar-refractivity contribution is 0.0906. The summed E-state index contributed by atoms with van der Waals surface area (Å²) in [5.41, 5.74) is 1.24. The second kappa shape index (κ2) is 12.4. The second-order valence-corrected chi connectivity index (χ2v) is 8.19. The fourth-order valence-corrected chi connectivity index (χ4v) is 4.17. The molecule has 1 N–H and O–H groups in total. The predicted molar refractivity (Wildman–Crippen MR) is 130 cm³/mol. The number of benzene rings is 1. The van der Waals surface area contributed by atoms with Gasteiger partial charge in [-0.05, 0) is 30.4 Å². The first-order valence-corrected chi connectivity index (χ1v) is 10.8. The SMILES string of the molecule is CCNC(=NCC(C)c1cccs1)N1CCC(COCc2ccccc2)C1.I. The topological polar surface area (TPSA) is 36.9 Å². The number of halogens is 1. The molecular formula is C22H32IN3OS. The van der Waals surface area contributed by atoms with E-state index >= 15 is 0 Å². The molecule has 28 heavy (non-hydrogen) atoms. The van der Waals surface area contributed by atoms with E-state index in [1.54, 1.807) is 0 Å². The van der Waals surface area contributed by atoms with Gasteiger partial charge in [-0.1, -0.05) is 43.3 Å². The summed E-state index contributed by atoms with van der Waals surface area (Å²) in [7, 11) is 0. The van der Waals surface area contributed by atoms with E-state index in [9.17, 15) is 0 Å². The zero-order chi connectivity index (χ0) is 18.9. The van der Waals surface area contributed by atoms with Crippen LogP contribution in [0.2, 0.25) is 0 Å². The molecule has 1 aliphatic rings. The number of guanidine groups is 1. The minimum absolute atomic E-state index is 0. The van der Waals surface area contributed by atoms with Crippen molar-refractivity contribution in [3.05, 3.63) is 58.3 Å². The maximum atomic E-state index is 5.95. The first-order valence-electron chi connectivity index (χ1n) is 9.94. The standard InChI is InChI=1S/C22H31N3OS.HI/c1-3-23-22(24-14-18(2)21-10-7-13-27-21)25-12-11-20(15-25)17-26-16-19-8-5-4-6-9-19;/h4-10,13,18,20H,3,11-12,14-17H2,1-2H3,(H,23,24);1H. The van der Waals surface area contributed by atoms with Crippen molar-refractivity contribution in [2.24, 2.45) is 10.9 Å². The van der Waals surface area contributed by atoms with Crippen LogP contribution in [0.1, 0.15) is 36.6 Å². The van der Waals surface area contributed by atoms with Gasteiger partial charge in [-0.2, -0.15) is 0 Å². The number of ether oxygens (including phenoxy) is 1. The average Bonchev–Trinajstić information content (AvgIpc) is 3.38. The van der Waals surface area contributed by atoms with Crippen LogP contribution in [0.15, 0.2) is 52.8 Å². The van der Waals surface area contributed by atoms with Crippen LogP contribution < -0.4 is 5.32 Å². The third-order valence-corrected chi connectivity index (χ3v) is 6.03. The van der Waals surface area contributed by atoms with Crippen molar-refractivity contribution in [2.45, 2.75) is 32.8 Å². The van der Waals surface area contributed by atoms with Crippen molar-refractivity contribution in [2.75, 3.05) is 32.8 Å². The van der Waals surface area contributed by atoms with E-state index in [1.165, 1.54) is 16.9 Å². The smallest absolute Gasteiger partial charge is 0.193 e. The molecule has 1 fully saturated rings. The quantitative estimate of drug-likeness (QED) is 0.308. The summed E-state index contributed by atoms with van der Waals surface area (Å²) in [5.74, 6) is 2.09. The number of likely N-dealkylation sites (tertiary alicyclic amines) is 1. The van der Waals surface area contributed by atoms with E-state index in [1.807, 2.05) is 17.4 Å². The van der Waals surface area contributed by atoms with Crippen molar-refractivity contribution < 1.29 is 4.74 Å². The van der Waals surface area contributed by atoms with Gasteiger partial charge in [0.2, 0.25) is 0 Å². The molecule has 0 saturated carbocycles. The number of nitrogens with zero attached hydrogens (tertiary/aromatic N) is 2. The fraction of sp³-hybridized carbons (Fsp3) is 0.500. The normalized spacial score (nSPS) is 18.0. The largest absolute Gasteiger partial charge is 0.376 e. The summed E-state index contributed by atoms with van der Waals surface area (Å²) >= 11 is 1.82. The van der Waals surface area contributed by atoms with E-state index in [2.05, 4.69) is 65.8 Å². The first kappa shape index (κ1) is 23.2. The molecule has 2 aromatic rings. The lowest BCUT2D eigenvalue weighted by Gasteiger charge is -2.22. The highest BCUT2D eigenvalue weighted by molar-refractivity contribution is 14.0. The van der Waals surface area contributed by atoms with Crippen molar-refractivity contribution in [1.29, 1.82) is 0 Å². The van der Waals surface area contributed by atoms with Crippen LogP contribution in [0.3, 0.4) is 0 Å². The molecule has 1 aliphatic heterocycles. The van der Waals surface area contributed by atoms with Gasteiger partial charge in [0.05, 0.1) is 19.8 Å². The molecule has 1 saturated heterocycles. The molecular weight excluding hydrogens is 481 g/mol. The Hall–Kier alpha value is -1.12. The predicted octanol–water partition coefficient (Wildman–Crippen LogP) is 4.97. The number of rotatable bonds is 8. The monoisotopic (exact) mass is 513 g/mol. The molecule has 4 nitrogen and oxygen atoms in total. The number of aliphatic imine (C=N–C) groups is 1. The van der Waals surface area contributed by atoms with Crippen molar-refractivity contribution in [1.82, 2.24) is 10.2 Å². The van der Waals surface area contributed by atoms with Gasteiger partial charge in [-0.15, -0.1) is 35.3 Å². The highest BCUT2D eigenvalue weighted by atomic mass is 127. The summed E-state index contributed by atoms with van der Waals surface area (Å²) in [4.78, 5) is 8.71. The molecule has 0 aliphatic carbocycles. The van der Waals surface area contributed by atoms with E-state index in [-0.39, 0.29) is 24.0 Å². The second-order valence-electron chi connectivity index (χ2n) is 7.21. The Balaban J connectivity index is 0.00000280. The summed E-state index contributed by atoms with van der Waals surface area (Å²) in [6, 6.07) is 14.7. The maximum Gasteiger partial charge on any atom is 0.193 e. The van der Waals surface area contributed by atoms with Crippen LogP contribution in [0.4, 0.5) is 0 Å². The van der Waals surface area contributed by atoms with Crippen LogP contribution in [-0.4, -0.2) is 43.6 Å². The van der Waals surface area contributed by atoms with Gasteiger partial charge in [0.15, 0.2) is 5.96 Å². The van der Waals surface area contributed by atoms with Gasteiger partial charge in [-0.3, -0.25) is 4.99 Å². The van der Waals surface area contributed by atoms with Crippen LogP contribution in [-0.2, 0) is 11.3 Å². The molecule has 0 spiro atoms. The molecule has 1 aromatic carbocycles. The number of thiophene rings is 1. The molecule has 2 heterocycles. The summed E-state index contributed by atoms with van der Waals surface area (Å²) < 4.78 is 5.95. The lowest BCUT2D eigenvalue weighted by Crippen LogP contribution is -2.40. The number of hydrogen-bond donors (Lipinski definition) is 1. The molecule has 2 unspecified atom stereocenters. The Morgan fingerprint density at radius 3 is 2.82 bits per heavy atom. The molecule has 0 bridgehead atoms. The lowest BCUT2D eigenvalue weighted by atomic mass is 10.1. The third-order valence-electron chi connectivity index (χ3n) is 4.93. The minimum Gasteiger partial charge on any atom is -0.376 e. The molecule has 0 radical (unpaired) electrons. The Kier molecular flexibility index (Phi) is 10.3. The van der Waals surface area contributed by atoms with Crippen molar-refractivity contribution in [3.8, 4) is 0 Å². The molecule has 3 rings (SSSR count). The Bertz CT molecular complexity index is 693. The van der Waals surface area contributed by atoms with Crippen LogP contribution in [0, 0.1) is 5.92 Å².